The number of hydrogen-bond donors (Lipinski definition) is 1. The highest BCUT2D eigenvalue weighted by Gasteiger charge is 2.38. The SMILES string of the molecule is Oc1ccc(N2CCC(F)(F)C2)nc1. The number of rotatable bonds is 1. The fourth-order valence-corrected chi connectivity index (χ4v) is 1.50. The zero-order valence-electron chi connectivity index (χ0n) is 7.45. The summed E-state index contributed by atoms with van der Waals surface area (Å²) < 4.78 is 25.7. The molecule has 2 heterocycles. The van der Waals surface area contributed by atoms with Gasteiger partial charge in [-0.15, -0.1) is 0 Å². The Balaban J connectivity index is 2.14. The van der Waals surface area contributed by atoms with Crippen molar-refractivity contribution in [1.82, 2.24) is 4.98 Å². The van der Waals surface area contributed by atoms with Crippen molar-refractivity contribution in [3.05, 3.63) is 18.3 Å². The first-order chi connectivity index (χ1) is 6.57. The fraction of sp³-hybridized carbons (Fsp3) is 0.444. The lowest BCUT2D eigenvalue weighted by atomic mass is 10.3. The van der Waals surface area contributed by atoms with Crippen LogP contribution in [0.2, 0.25) is 0 Å². The second-order valence-electron chi connectivity index (χ2n) is 3.40. The molecule has 0 unspecified atom stereocenters. The van der Waals surface area contributed by atoms with Crippen LogP contribution in [-0.4, -0.2) is 29.1 Å². The van der Waals surface area contributed by atoms with Gasteiger partial charge in [-0.2, -0.15) is 0 Å². The Morgan fingerprint density at radius 3 is 2.71 bits per heavy atom. The third-order valence-corrected chi connectivity index (χ3v) is 2.23. The van der Waals surface area contributed by atoms with Crippen molar-refractivity contribution >= 4 is 5.82 Å². The first-order valence-corrected chi connectivity index (χ1v) is 4.35. The Morgan fingerprint density at radius 1 is 1.43 bits per heavy atom. The van der Waals surface area contributed by atoms with Crippen LogP contribution in [0, 0.1) is 0 Å². The Labute approximate surface area is 80.0 Å². The van der Waals surface area contributed by atoms with Gasteiger partial charge in [0, 0.05) is 13.0 Å². The van der Waals surface area contributed by atoms with E-state index in [2.05, 4.69) is 4.98 Å². The van der Waals surface area contributed by atoms with Crippen molar-refractivity contribution in [3.8, 4) is 5.75 Å². The molecule has 0 bridgehead atoms. The van der Waals surface area contributed by atoms with E-state index < -0.39 is 5.92 Å². The number of pyridine rings is 1. The average molecular weight is 200 g/mol. The van der Waals surface area contributed by atoms with Crippen molar-refractivity contribution < 1.29 is 13.9 Å². The lowest BCUT2D eigenvalue weighted by Crippen LogP contribution is -2.25. The molecule has 0 atom stereocenters. The molecular weight excluding hydrogens is 190 g/mol. The quantitative estimate of drug-likeness (QED) is 0.748. The van der Waals surface area contributed by atoms with Gasteiger partial charge in [0.1, 0.15) is 11.6 Å². The third-order valence-electron chi connectivity index (χ3n) is 2.23. The molecule has 1 aromatic rings. The number of alkyl halides is 2. The van der Waals surface area contributed by atoms with Crippen molar-refractivity contribution in [2.24, 2.45) is 0 Å². The van der Waals surface area contributed by atoms with Gasteiger partial charge in [-0.3, -0.25) is 0 Å². The van der Waals surface area contributed by atoms with E-state index in [-0.39, 0.29) is 18.7 Å². The van der Waals surface area contributed by atoms with Gasteiger partial charge in [-0.05, 0) is 12.1 Å². The number of aromatic nitrogens is 1. The summed E-state index contributed by atoms with van der Waals surface area (Å²) in [4.78, 5) is 5.38. The second kappa shape index (κ2) is 3.08. The first-order valence-electron chi connectivity index (χ1n) is 4.35. The van der Waals surface area contributed by atoms with Crippen LogP contribution in [0.5, 0.6) is 5.75 Å². The molecule has 1 N–H and O–H groups in total. The zero-order valence-corrected chi connectivity index (χ0v) is 7.45. The molecule has 14 heavy (non-hydrogen) atoms. The summed E-state index contributed by atoms with van der Waals surface area (Å²) in [5.74, 6) is -2.08. The van der Waals surface area contributed by atoms with Crippen LogP contribution >= 0.6 is 0 Å². The van der Waals surface area contributed by atoms with Gasteiger partial charge >= 0.3 is 0 Å². The van der Waals surface area contributed by atoms with Crippen LogP contribution in [0.25, 0.3) is 0 Å². The number of nitrogens with zero attached hydrogens (tertiary/aromatic N) is 2. The highest BCUT2D eigenvalue weighted by molar-refractivity contribution is 5.42. The minimum Gasteiger partial charge on any atom is -0.506 e. The van der Waals surface area contributed by atoms with Crippen LogP contribution in [0.1, 0.15) is 6.42 Å². The number of anilines is 1. The van der Waals surface area contributed by atoms with E-state index in [1.54, 1.807) is 0 Å². The molecule has 0 aliphatic carbocycles. The van der Waals surface area contributed by atoms with E-state index in [0.29, 0.717) is 12.4 Å². The van der Waals surface area contributed by atoms with Crippen LogP contribution in [0.4, 0.5) is 14.6 Å². The Hall–Kier alpha value is -1.39. The predicted molar refractivity (Wildman–Crippen MR) is 47.7 cm³/mol. The lowest BCUT2D eigenvalue weighted by Gasteiger charge is -2.16. The fourth-order valence-electron chi connectivity index (χ4n) is 1.50. The number of halogens is 2. The molecule has 0 radical (unpaired) electrons. The van der Waals surface area contributed by atoms with Gasteiger partial charge in [-0.1, -0.05) is 0 Å². The summed E-state index contributed by atoms with van der Waals surface area (Å²) in [7, 11) is 0. The molecule has 1 saturated heterocycles. The third kappa shape index (κ3) is 1.76. The molecule has 0 amide bonds. The smallest absolute Gasteiger partial charge is 0.266 e. The molecule has 0 aromatic carbocycles. The molecular formula is C9H10F2N2O. The van der Waals surface area contributed by atoms with E-state index in [9.17, 15) is 8.78 Å². The van der Waals surface area contributed by atoms with Gasteiger partial charge in [0.15, 0.2) is 0 Å². The molecule has 76 valence electrons. The normalized spacial score (nSPS) is 20.0. The second-order valence-corrected chi connectivity index (χ2v) is 3.40. The van der Waals surface area contributed by atoms with E-state index in [1.807, 2.05) is 0 Å². The van der Waals surface area contributed by atoms with Crippen LogP contribution in [0.15, 0.2) is 18.3 Å². The standard InChI is InChI=1S/C9H10F2N2O/c10-9(11)3-4-13(6-9)8-2-1-7(14)5-12-8/h1-2,5,14H,3-4,6H2. The van der Waals surface area contributed by atoms with Crippen molar-refractivity contribution in [2.75, 3.05) is 18.0 Å². The van der Waals surface area contributed by atoms with Crippen LogP contribution in [-0.2, 0) is 0 Å². The van der Waals surface area contributed by atoms with Gasteiger partial charge in [-0.25, -0.2) is 13.8 Å². The topological polar surface area (TPSA) is 36.4 Å². The summed E-state index contributed by atoms with van der Waals surface area (Å²) in [6.07, 6.45) is 1.13. The van der Waals surface area contributed by atoms with Crippen molar-refractivity contribution in [3.63, 3.8) is 0 Å². The predicted octanol–water partition coefficient (Wildman–Crippen LogP) is 1.63. The molecule has 1 aromatic heterocycles. The molecule has 0 spiro atoms. The van der Waals surface area contributed by atoms with Gasteiger partial charge in [0.05, 0.1) is 12.7 Å². The summed E-state index contributed by atoms with van der Waals surface area (Å²) in [5, 5.41) is 8.97. The number of hydrogen-bond acceptors (Lipinski definition) is 3. The van der Waals surface area contributed by atoms with Crippen molar-refractivity contribution in [2.45, 2.75) is 12.3 Å². The van der Waals surface area contributed by atoms with E-state index >= 15 is 0 Å². The minimum atomic E-state index is -2.61. The molecule has 1 aliphatic heterocycles. The largest absolute Gasteiger partial charge is 0.506 e. The number of aromatic hydroxyl groups is 1. The van der Waals surface area contributed by atoms with E-state index in [4.69, 9.17) is 5.11 Å². The molecule has 3 nitrogen and oxygen atoms in total. The highest BCUT2D eigenvalue weighted by Crippen LogP contribution is 2.29. The molecule has 0 saturated carbocycles. The summed E-state index contributed by atoms with van der Waals surface area (Å²) in [6, 6.07) is 2.98. The maximum absolute atomic E-state index is 12.8. The Morgan fingerprint density at radius 2 is 2.21 bits per heavy atom. The summed E-state index contributed by atoms with van der Waals surface area (Å²) >= 11 is 0. The summed E-state index contributed by atoms with van der Waals surface area (Å²) in [5.41, 5.74) is 0. The highest BCUT2D eigenvalue weighted by atomic mass is 19.3. The molecule has 1 aliphatic rings. The minimum absolute atomic E-state index is 0.0414. The Bertz CT molecular complexity index is 326. The molecule has 1 fully saturated rings. The van der Waals surface area contributed by atoms with Crippen LogP contribution < -0.4 is 4.90 Å². The lowest BCUT2D eigenvalue weighted by molar-refractivity contribution is 0.0257. The Kier molecular flexibility index (Phi) is 2.02. The van der Waals surface area contributed by atoms with Gasteiger partial charge < -0.3 is 10.0 Å². The molecule has 2 rings (SSSR count). The van der Waals surface area contributed by atoms with E-state index in [0.717, 1.165) is 0 Å². The average Bonchev–Trinajstić information content (AvgIpc) is 2.47. The maximum atomic E-state index is 12.8. The summed E-state index contributed by atoms with van der Waals surface area (Å²) in [6.45, 7) is 0.0234. The molecule has 5 heteroatoms. The zero-order chi connectivity index (χ0) is 10.2. The maximum Gasteiger partial charge on any atom is 0.266 e. The van der Waals surface area contributed by atoms with Crippen LogP contribution in [0.3, 0.4) is 0 Å². The van der Waals surface area contributed by atoms with E-state index in [1.165, 1.54) is 23.2 Å². The monoisotopic (exact) mass is 200 g/mol. The van der Waals surface area contributed by atoms with Crippen molar-refractivity contribution in [1.29, 1.82) is 0 Å². The first kappa shape index (κ1) is 9.18. The van der Waals surface area contributed by atoms with Gasteiger partial charge in [0.25, 0.3) is 5.92 Å². The van der Waals surface area contributed by atoms with Gasteiger partial charge in [0.2, 0.25) is 0 Å².